The van der Waals surface area contributed by atoms with Crippen molar-refractivity contribution in [1.82, 2.24) is 5.32 Å². The third-order valence-corrected chi connectivity index (χ3v) is 6.43. The molecule has 1 atom stereocenters. The molecule has 1 fully saturated rings. The van der Waals surface area contributed by atoms with Gasteiger partial charge in [-0.3, -0.25) is 14.4 Å². The van der Waals surface area contributed by atoms with Crippen LogP contribution in [0, 0.1) is 6.92 Å². The lowest BCUT2D eigenvalue weighted by atomic mass is 10.1. The highest BCUT2D eigenvalue weighted by molar-refractivity contribution is 7.98. The number of carbonyl (C=O) groups excluding carboxylic acids is 3. The summed E-state index contributed by atoms with van der Waals surface area (Å²) in [6, 6.07) is 9.32. The summed E-state index contributed by atoms with van der Waals surface area (Å²) < 4.78 is 0. The molecule has 1 saturated heterocycles. The van der Waals surface area contributed by atoms with Gasteiger partial charge >= 0.3 is 0 Å². The van der Waals surface area contributed by atoms with E-state index in [9.17, 15) is 14.4 Å². The van der Waals surface area contributed by atoms with E-state index in [0.29, 0.717) is 35.8 Å². The lowest BCUT2D eigenvalue weighted by Gasteiger charge is -2.21. The van der Waals surface area contributed by atoms with Crippen molar-refractivity contribution in [2.75, 3.05) is 28.8 Å². The normalized spacial score (nSPS) is 14.4. The van der Waals surface area contributed by atoms with Gasteiger partial charge in [0.2, 0.25) is 11.8 Å². The smallest absolute Gasteiger partial charge is 0.253 e. The molecule has 2 aromatic rings. The molecule has 1 aliphatic rings. The van der Waals surface area contributed by atoms with Gasteiger partial charge in [0.1, 0.15) is 6.04 Å². The molecule has 0 spiro atoms. The van der Waals surface area contributed by atoms with Gasteiger partial charge in [-0.2, -0.15) is 11.8 Å². The van der Waals surface area contributed by atoms with E-state index >= 15 is 0 Å². The molecular formula is C23H25Cl2N3O3S. The van der Waals surface area contributed by atoms with Crippen LogP contribution in [0.3, 0.4) is 0 Å². The van der Waals surface area contributed by atoms with Gasteiger partial charge in [-0.25, -0.2) is 0 Å². The van der Waals surface area contributed by atoms with Crippen molar-refractivity contribution in [1.29, 1.82) is 0 Å². The molecule has 9 heteroatoms. The lowest BCUT2D eigenvalue weighted by Crippen LogP contribution is -2.44. The van der Waals surface area contributed by atoms with E-state index in [1.54, 1.807) is 28.8 Å². The van der Waals surface area contributed by atoms with Crippen molar-refractivity contribution in [2.24, 2.45) is 0 Å². The number of nitrogens with one attached hydrogen (secondary N) is 2. The summed E-state index contributed by atoms with van der Waals surface area (Å²) in [4.78, 5) is 39.5. The monoisotopic (exact) mass is 493 g/mol. The number of hydrogen-bond donors (Lipinski definition) is 2. The highest BCUT2D eigenvalue weighted by atomic mass is 35.5. The Labute approximate surface area is 202 Å². The van der Waals surface area contributed by atoms with Crippen LogP contribution in [0.4, 0.5) is 11.4 Å². The summed E-state index contributed by atoms with van der Waals surface area (Å²) in [5.74, 6) is 0.0568. The Balaban J connectivity index is 1.72. The van der Waals surface area contributed by atoms with Crippen LogP contribution < -0.4 is 15.5 Å². The van der Waals surface area contributed by atoms with Crippen LogP contribution in [0.5, 0.6) is 0 Å². The molecule has 1 heterocycles. The highest BCUT2D eigenvalue weighted by Gasteiger charge is 2.25. The second-order valence-electron chi connectivity index (χ2n) is 7.57. The Morgan fingerprint density at radius 2 is 1.97 bits per heavy atom. The highest BCUT2D eigenvalue weighted by Crippen LogP contribution is 2.27. The average molecular weight is 494 g/mol. The number of amides is 3. The van der Waals surface area contributed by atoms with Crippen molar-refractivity contribution in [2.45, 2.75) is 32.2 Å². The van der Waals surface area contributed by atoms with Gasteiger partial charge in [0.25, 0.3) is 5.91 Å². The summed E-state index contributed by atoms with van der Waals surface area (Å²) in [6.45, 7) is 2.62. The number of benzene rings is 2. The first-order valence-corrected chi connectivity index (χ1v) is 12.4. The van der Waals surface area contributed by atoms with E-state index in [2.05, 4.69) is 10.6 Å². The van der Waals surface area contributed by atoms with Crippen molar-refractivity contribution in [3.05, 3.63) is 57.6 Å². The van der Waals surface area contributed by atoms with Crippen molar-refractivity contribution in [3.63, 3.8) is 0 Å². The second-order valence-corrected chi connectivity index (χ2v) is 9.40. The fourth-order valence-electron chi connectivity index (χ4n) is 3.58. The van der Waals surface area contributed by atoms with Crippen LogP contribution >= 0.6 is 35.0 Å². The van der Waals surface area contributed by atoms with E-state index in [4.69, 9.17) is 23.2 Å². The number of anilines is 2. The minimum atomic E-state index is -0.734. The maximum Gasteiger partial charge on any atom is 0.253 e. The molecule has 2 N–H and O–H groups in total. The van der Waals surface area contributed by atoms with Gasteiger partial charge in [0, 0.05) is 29.4 Å². The number of carbonyl (C=O) groups is 3. The topological polar surface area (TPSA) is 78.5 Å². The summed E-state index contributed by atoms with van der Waals surface area (Å²) in [7, 11) is 0. The average Bonchev–Trinajstić information content (AvgIpc) is 3.16. The fraction of sp³-hybridized carbons (Fsp3) is 0.348. The van der Waals surface area contributed by atoms with Crippen LogP contribution in [0.2, 0.25) is 10.0 Å². The largest absolute Gasteiger partial charge is 0.340 e. The van der Waals surface area contributed by atoms with Crippen LogP contribution in [-0.2, 0) is 9.59 Å². The first-order chi connectivity index (χ1) is 15.3. The second kappa shape index (κ2) is 11.1. The lowest BCUT2D eigenvalue weighted by molar-refractivity contribution is -0.118. The quantitative estimate of drug-likeness (QED) is 0.546. The van der Waals surface area contributed by atoms with Crippen LogP contribution in [0.15, 0.2) is 36.4 Å². The molecular weight excluding hydrogens is 469 g/mol. The molecule has 3 amide bonds. The van der Waals surface area contributed by atoms with E-state index in [0.717, 1.165) is 17.7 Å². The molecule has 1 unspecified atom stereocenters. The molecule has 0 radical (unpaired) electrons. The number of hydrogen-bond acceptors (Lipinski definition) is 4. The molecule has 0 saturated carbocycles. The Bertz CT molecular complexity index is 1030. The van der Waals surface area contributed by atoms with Crippen LogP contribution in [-0.4, -0.2) is 42.3 Å². The SMILES string of the molecule is CSCCC(NC(=O)c1ccc(Cl)cc1Cl)C(=O)Nc1ccc(N2CCCC2=O)c(C)c1. The van der Waals surface area contributed by atoms with Gasteiger partial charge in [-0.15, -0.1) is 0 Å². The van der Waals surface area contributed by atoms with Crippen molar-refractivity contribution in [3.8, 4) is 0 Å². The van der Waals surface area contributed by atoms with Crippen LogP contribution in [0.25, 0.3) is 0 Å². The number of aryl methyl sites for hydroxylation is 1. The number of halogens is 2. The Morgan fingerprint density at radius 3 is 2.59 bits per heavy atom. The zero-order valence-electron chi connectivity index (χ0n) is 17.9. The molecule has 0 aromatic heterocycles. The summed E-state index contributed by atoms with van der Waals surface area (Å²) in [5.41, 5.74) is 2.62. The maximum absolute atomic E-state index is 13.0. The number of thioether (sulfide) groups is 1. The van der Waals surface area contributed by atoms with Crippen LogP contribution in [0.1, 0.15) is 35.2 Å². The number of rotatable bonds is 8. The van der Waals surface area contributed by atoms with Gasteiger partial charge in [0.05, 0.1) is 10.6 Å². The molecule has 170 valence electrons. The predicted octanol–water partition coefficient (Wildman–Crippen LogP) is 4.92. The van der Waals surface area contributed by atoms with Gasteiger partial charge in [-0.1, -0.05) is 23.2 Å². The van der Waals surface area contributed by atoms with Gasteiger partial charge < -0.3 is 15.5 Å². The molecule has 2 aromatic carbocycles. The molecule has 0 aliphatic carbocycles. The van der Waals surface area contributed by atoms with E-state index in [1.807, 2.05) is 25.3 Å². The standard InChI is InChI=1S/C23H25Cl2N3O3S/c1-14-12-16(6-8-20(14)28-10-3-4-21(28)29)26-23(31)19(9-11-32-2)27-22(30)17-7-5-15(24)13-18(17)25/h5-8,12-13,19H,3-4,9-11H2,1-2H3,(H,26,31)(H,27,30). The minimum absolute atomic E-state index is 0.116. The minimum Gasteiger partial charge on any atom is -0.340 e. The van der Waals surface area contributed by atoms with Crippen molar-refractivity contribution < 1.29 is 14.4 Å². The number of nitrogens with zero attached hydrogens (tertiary/aromatic N) is 1. The maximum atomic E-state index is 13.0. The fourth-order valence-corrected chi connectivity index (χ4v) is 4.55. The third-order valence-electron chi connectivity index (χ3n) is 5.24. The Morgan fingerprint density at radius 1 is 1.19 bits per heavy atom. The van der Waals surface area contributed by atoms with E-state index in [-0.39, 0.29) is 22.4 Å². The third kappa shape index (κ3) is 5.97. The molecule has 6 nitrogen and oxygen atoms in total. The zero-order valence-corrected chi connectivity index (χ0v) is 20.2. The van der Waals surface area contributed by atoms with Gasteiger partial charge in [-0.05, 0) is 73.7 Å². The molecule has 3 rings (SSSR count). The first-order valence-electron chi connectivity index (χ1n) is 10.3. The van der Waals surface area contributed by atoms with E-state index < -0.39 is 11.9 Å². The van der Waals surface area contributed by atoms with Gasteiger partial charge in [0.15, 0.2) is 0 Å². The Kier molecular flexibility index (Phi) is 8.45. The summed E-state index contributed by atoms with van der Waals surface area (Å²) in [5, 5.41) is 6.31. The predicted molar refractivity (Wildman–Crippen MR) is 132 cm³/mol. The zero-order chi connectivity index (χ0) is 23.3. The summed E-state index contributed by atoms with van der Waals surface area (Å²) >= 11 is 13.6. The molecule has 32 heavy (non-hydrogen) atoms. The first kappa shape index (κ1) is 24.4. The van der Waals surface area contributed by atoms with E-state index in [1.165, 1.54) is 12.1 Å². The molecule has 0 bridgehead atoms. The van der Waals surface area contributed by atoms with Crippen molar-refractivity contribution >= 4 is 64.1 Å². The Hall–Kier alpha value is -2.22. The molecule has 1 aliphatic heterocycles. The summed E-state index contributed by atoms with van der Waals surface area (Å²) in [6.07, 6.45) is 3.81.